The minimum atomic E-state index is 0.104. The third-order valence-corrected chi connectivity index (χ3v) is 3.40. The lowest BCUT2D eigenvalue weighted by molar-refractivity contribution is 0.318. The summed E-state index contributed by atoms with van der Waals surface area (Å²) in [5, 5.41) is 7.57. The molecular weight excluding hydrogens is 292 g/mol. The molecule has 3 aromatic rings. The van der Waals surface area contributed by atoms with E-state index in [1.54, 1.807) is 6.92 Å². The van der Waals surface area contributed by atoms with E-state index >= 15 is 0 Å². The Morgan fingerprint density at radius 1 is 0.708 bits per heavy atom. The molecule has 0 spiro atoms. The van der Waals surface area contributed by atoms with Crippen LogP contribution in [0.1, 0.15) is 29.5 Å². The van der Waals surface area contributed by atoms with Crippen LogP contribution in [-0.2, 0) is 0 Å². The Morgan fingerprint density at radius 2 is 1.08 bits per heavy atom. The lowest BCUT2D eigenvalue weighted by atomic mass is 9.91. The maximum absolute atomic E-state index is 7.57. The van der Waals surface area contributed by atoms with Gasteiger partial charge in [-0.1, -0.05) is 90.7 Å². The van der Waals surface area contributed by atoms with Crippen LogP contribution < -0.4 is 0 Å². The molecular formula is C23H22O. The normalized spacial score (nSPS) is 9.46. The third kappa shape index (κ3) is 5.43. The van der Waals surface area contributed by atoms with Gasteiger partial charge in [0.1, 0.15) is 0 Å². The standard InChI is InChI=1S/C21H16.C2H6O/c1-4-10-18(11-5-1)16-17-21(19-12-6-2-7-13-19)20-14-8-3-9-15-20;1-2-3/h1-15,21H;3H,2H2,1H3. The Balaban J connectivity index is 0.000000647. The average Bonchev–Trinajstić information content (AvgIpc) is 2.65. The van der Waals surface area contributed by atoms with Crippen LogP contribution in [0.15, 0.2) is 91.0 Å². The van der Waals surface area contributed by atoms with E-state index in [1.807, 2.05) is 42.5 Å². The minimum Gasteiger partial charge on any atom is -0.397 e. The lowest BCUT2D eigenvalue weighted by Crippen LogP contribution is -1.98. The van der Waals surface area contributed by atoms with Crippen molar-refractivity contribution in [2.24, 2.45) is 0 Å². The molecule has 3 aromatic carbocycles. The zero-order valence-corrected chi connectivity index (χ0v) is 13.9. The average molecular weight is 314 g/mol. The second-order valence-electron chi connectivity index (χ2n) is 5.21. The van der Waals surface area contributed by atoms with Crippen molar-refractivity contribution in [3.05, 3.63) is 108 Å². The van der Waals surface area contributed by atoms with Crippen LogP contribution in [-0.4, -0.2) is 11.7 Å². The fraction of sp³-hybridized carbons (Fsp3) is 0.130. The van der Waals surface area contributed by atoms with Gasteiger partial charge in [0.2, 0.25) is 0 Å². The highest BCUT2D eigenvalue weighted by Crippen LogP contribution is 2.23. The van der Waals surface area contributed by atoms with E-state index in [2.05, 4.69) is 60.4 Å². The second kappa shape index (κ2) is 10.0. The predicted octanol–water partition coefficient (Wildman–Crippen LogP) is 4.87. The molecule has 120 valence electrons. The smallest absolute Gasteiger partial charge is 0.0705 e. The molecule has 0 amide bonds. The molecule has 3 rings (SSSR count). The van der Waals surface area contributed by atoms with Crippen molar-refractivity contribution in [2.75, 3.05) is 6.61 Å². The van der Waals surface area contributed by atoms with Gasteiger partial charge < -0.3 is 5.11 Å². The topological polar surface area (TPSA) is 20.2 Å². The number of hydrogen-bond donors (Lipinski definition) is 1. The summed E-state index contributed by atoms with van der Waals surface area (Å²) in [6, 6.07) is 31.0. The zero-order valence-electron chi connectivity index (χ0n) is 13.9. The molecule has 1 heteroatoms. The van der Waals surface area contributed by atoms with Crippen LogP contribution in [0.3, 0.4) is 0 Å². The molecule has 0 unspecified atom stereocenters. The number of aliphatic hydroxyl groups is 1. The molecule has 1 nitrogen and oxygen atoms in total. The van der Waals surface area contributed by atoms with Gasteiger partial charge in [-0.25, -0.2) is 0 Å². The summed E-state index contributed by atoms with van der Waals surface area (Å²) in [6.07, 6.45) is 0. The Bertz CT molecular complexity index is 713. The first kappa shape index (κ1) is 17.5. The van der Waals surface area contributed by atoms with E-state index in [-0.39, 0.29) is 12.5 Å². The summed E-state index contributed by atoms with van der Waals surface area (Å²) in [7, 11) is 0. The maximum Gasteiger partial charge on any atom is 0.0705 e. The number of benzene rings is 3. The third-order valence-electron chi connectivity index (χ3n) is 3.40. The second-order valence-corrected chi connectivity index (χ2v) is 5.21. The van der Waals surface area contributed by atoms with E-state index in [1.165, 1.54) is 11.1 Å². The van der Waals surface area contributed by atoms with Crippen molar-refractivity contribution in [1.29, 1.82) is 0 Å². The highest BCUT2D eigenvalue weighted by atomic mass is 16.2. The van der Waals surface area contributed by atoms with E-state index in [0.29, 0.717) is 0 Å². The van der Waals surface area contributed by atoms with Crippen LogP contribution in [0.2, 0.25) is 0 Å². The summed E-state index contributed by atoms with van der Waals surface area (Å²) in [5.74, 6) is 6.81. The van der Waals surface area contributed by atoms with Gasteiger partial charge in [0.05, 0.1) is 5.92 Å². The molecule has 1 N–H and O–H groups in total. The summed E-state index contributed by atoms with van der Waals surface area (Å²) in [5.41, 5.74) is 3.51. The molecule has 24 heavy (non-hydrogen) atoms. The Hall–Kier alpha value is -2.82. The summed E-state index contributed by atoms with van der Waals surface area (Å²) < 4.78 is 0. The van der Waals surface area contributed by atoms with Crippen LogP contribution in [0, 0.1) is 11.8 Å². The molecule has 0 aromatic heterocycles. The molecule has 0 aliphatic rings. The van der Waals surface area contributed by atoms with Crippen molar-refractivity contribution in [3.63, 3.8) is 0 Å². The van der Waals surface area contributed by atoms with Crippen LogP contribution in [0.5, 0.6) is 0 Å². The van der Waals surface area contributed by atoms with E-state index in [0.717, 1.165) is 5.56 Å². The molecule has 0 radical (unpaired) electrons. The Morgan fingerprint density at radius 3 is 1.50 bits per heavy atom. The van der Waals surface area contributed by atoms with E-state index in [9.17, 15) is 0 Å². The number of aliphatic hydroxyl groups excluding tert-OH is 1. The summed E-state index contributed by atoms with van der Waals surface area (Å²) in [4.78, 5) is 0. The SMILES string of the molecule is C(#CC(c1ccccc1)c1ccccc1)c1ccccc1.CCO. The summed E-state index contributed by atoms with van der Waals surface area (Å²) >= 11 is 0. The van der Waals surface area contributed by atoms with Gasteiger partial charge in [-0.15, -0.1) is 0 Å². The van der Waals surface area contributed by atoms with E-state index < -0.39 is 0 Å². The molecule has 0 fully saturated rings. The Kier molecular flexibility index (Phi) is 7.34. The van der Waals surface area contributed by atoms with Gasteiger partial charge in [0.15, 0.2) is 0 Å². The molecule has 0 atom stereocenters. The summed E-state index contributed by atoms with van der Waals surface area (Å²) in [6.45, 7) is 1.93. The quantitative estimate of drug-likeness (QED) is 0.669. The molecule has 0 aliphatic carbocycles. The van der Waals surface area contributed by atoms with Gasteiger partial charge >= 0.3 is 0 Å². The van der Waals surface area contributed by atoms with Crippen molar-refractivity contribution in [2.45, 2.75) is 12.8 Å². The van der Waals surface area contributed by atoms with Crippen molar-refractivity contribution >= 4 is 0 Å². The predicted molar refractivity (Wildman–Crippen MR) is 101 cm³/mol. The van der Waals surface area contributed by atoms with Gasteiger partial charge in [0.25, 0.3) is 0 Å². The fourth-order valence-electron chi connectivity index (χ4n) is 2.33. The van der Waals surface area contributed by atoms with Gasteiger partial charge in [0, 0.05) is 12.2 Å². The van der Waals surface area contributed by atoms with Crippen LogP contribution in [0.25, 0.3) is 0 Å². The highest BCUT2D eigenvalue weighted by Gasteiger charge is 2.10. The number of hydrogen-bond acceptors (Lipinski definition) is 1. The zero-order chi connectivity index (χ0) is 17.0. The first-order chi connectivity index (χ1) is 11.8. The highest BCUT2D eigenvalue weighted by molar-refractivity contribution is 5.44. The van der Waals surface area contributed by atoms with Crippen molar-refractivity contribution in [1.82, 2.24) is 0 Å². The van der Waals surface area contributed by atoms with Crippen molar-refractivity contribution < 1.29 is 5.11 Å². The maximum atomic E-state index is 7.57. The van der Waals surface area contributed by atoms with Crippen LogP contribution in [0.4, 0.5) is 0 Å². The van der Waals surface area contributed by atoms with E-state index in [4.69, 9.17) is 5.11 Å². The molecule has 0 saturated heterocycles. The fourth-order valence-corrected chi connectivity index (χ4v) is 2.33. The largest absolute Gasteiger partial charge is 0.397 e. The number of rotatable bonds is 2. The Labute approximate surface area is 144 Å². The molecule has 0 heterocycles. The first-order valence-electron chi connectivity index (χ1n) is 8.12. The van der Waals surface area contributed by atoms with Crippen LogP contribution >= 0.6 is 0 Å². The van der Waals surface area contributed by atoms with Gasteiger partial charge in [-0.2, -0.15) is 0 Å². The lowest BCUT2D eigenvalue weighted by Gasteiger charge is -2.11. The molecule has 0 saturated carbocycles. The minimum absolute atomic E-state index is 0.104. The van der Waals surface area contributed by atoms with Gasteiger partial charge in [-0.05, 0) is 30.2 Å². The molecule has 0 bridgehead atoms. The monoisotopic (exact) mass is 314 g/mol. The van der Waals surface area contributed by atoms with Crippen molar-refractivity contribution in [3.8, 4) is 11.8 Å². The van der Waals surface area contributed by atoms with Gasteiger partial charge in [-0.3, -0.25) is 0 Å². The first-order valence-corrected chi connectivity index (χ1v) is 8.12. The molecule has 0 aliphatic heterocycles.